The highest BCUT2D eigenvalue weighted by Gasteiger charge is 2.22. The summed E-state index contributed by atoms with van der Waals surface area (Å²) in [5.74, 6) is -0.483. The molecule has 0 saturated heterocycles. The second kappa shape index (κ2) is 13.5. The maximum Gasteiger partial charge on any atom is 0.408 e. The molecule has 5 N–H and O–H groups in total. The van der Waals surface area contributed by atoms with Crippen LogP contribution in [0.25, 0.3) is 11.3 Å². The fourth-order valence-corrected chi connectivity index (χ4v) is 4.38. The second-order valence-electron chi connectivity index (χ2n) is 7.91. The van der Waals surface area contributed by atoms with E-state index in [0.29, 0.717) is 34.8 Å². The summed E-state index contributed by atoms with van der Waals surface area (Å²) in [6.45, 7) is 0.0559. The Kier molecular flexibility index (Phi) is 10.1. The van der Waals surface area contributed by atoms with Crippen molar-refractivity contribution in [2.75, 3.05) is 11.9 Å². The van der Waals surface area contributed by atoms with Crippen molar-refractivity contribution in [3.8, 4) is 17.3 Å². The highest BCUT2D eigenvalue weighted by molar-refractivity contribution is 7.87. The van der Waals surface area contributed by atoms with Crippen LogP contribution < -0.4 is 20.5 Å². The van der Waals surface area contributed by atoms with Gasteiger partial charge >= 0.3 is 6.09 Å². The molecule has 11 nitrogen and oxygen atoms in total. The van der Waals surface area contributed by atoms with Gasteiger partial charge in [-0.05, 0) is 37.0 Å². The normalized spacial score (nSPS) is 11.8. The van der Waals surface area contributed by atoms with E-state index in [-0.39, 0.29) is 19.6 Å². The van der Waals surface area contributed by atoms with Gasteiger partial charge in [-0.2, -0.15) is 13.7 Å². The van der Waals surface area contributed by atoms with Gasteiger partial charge in [-0.1, -0.05) is 42.5 Å². The zero-order chi connectivity index (χ0) is 26.7. The minimum atomic E-state index is -3.80. The van der Waals surface area contributed by atoms with Crippen molar-refractivity contribution in [2.45, 2.75) is 31.9 Å². The van der Waals surface area contributed by atoms with Crippen molar-refractivity contribution in [2.24, 2.45) is 5.14 Å². The quantitative estimate of drug-likeness (QED) is 0.254. The van der Waals surface area contributed by atoms with E-state index >= 15 is 0 Å². The van der Waals surface area contributed by atoms with Crippen LogP contribution in [0.2, 0.25) is 0 Å². The zero-order valence-corrected chi connectivity index (χ0v) is 21.3. The van der Waals surface area contributed by atoms with Crippen molar-refractivity contribution in [1.82, 2.24) is 15.0 Å². The summed E-state index contributed by atoms with van der Waals surface area (Å²) >= 11 is 1.25. The number of hydrogen-bond donors (Lipinski definition) is 4. The first kappa shape index (κ1) is 27.8. The number of benzene rings is 2. The number of ether oxygens (including phenoxy) is 1. The number of carbonyl (C=O) groups excluding carboxylic acids is 2. The van der Waals surface area contributed by atoms with E-state index in [1.807, 2.05) is 41.8 Å². The number of anilines is 1. The number of nitrogens with one attached hydrogen (secondary N) is 3. The molecule has 194 valence electrons. The van der Waals surface area contributed by atoms with Crippen LogP contribution in [0.15, 0.2) is 60.0 Å². The SMILES string of the molecule is N#Cc1ccc(COC(=O)NC(CCCCNS(N)(=O)=O)C(=O)Nc2nc(-c3ccccc3)cs2)cc1. The predicted octanol–water partition coefficient (Wildman–Crippen LogP) is 2.88. The molecule has 0 bridgehead atoms. The summed E-state index contributed by atoms with van der Waals surface area (Å²) in [5, 5.41) is 21.3. The van der Waals surface area contributed by atoms with Crippen LogP contribution in [-0.2, 0) is 26.3 Å². The molecule has 3 aromatic rings. The molecule has 0 aliphatic rings. The van der Waals surface area contributed by atoms with Gasteiger partial charge in [0, 0.05) is 17.5 Å². The molecule has 1 unspecified atom stereocenters. The van der Waals surface area contributed by atoms with Gasteiger partial charge < -0.3 is 15.4 Å². The number of hydrogen-bond acceptors (Lipinski definition) is 8. The molecular formula is C24H26N6O5S2. The third-order valence-corrected chi connectivity index (χ3v) is 6.45. The zero-order valence-electron chi connectivity index (χ0n) is 19.7. The summed E-state index contributed by atoms with van der Waals surface area (Å²) in [4.78, 5) is 29.9. The van der Waals surface area contributed by atoms with Crippen LogP contribution in [0.5, 0.6) is 0 Å². The van der Waals surface area contributed by atoms with E-state index in [0.717, 1.165) is 5.56 Å². The van der Waals surface area contributed by atoms with Gasteiger partial charge in [0.25, 0.3) is 10.2 Å². The molecule has 0 fully saturated rings. The van der Waals surface area contributed by atoms with Crippen LogP contribution in [0.1, 0.15) is 30.4 Å². The summed E-state index contributed by atoms with van der Waals surface area (Å²) in [5.41, 5.74) is 2.78. The maximum atomic E-state index is 13.0. The van der Waals surface area contributed by atoms with Crippen molar-refractivity contribution in [3.63, 3.8) is 0 Å². The van der Waals surface area contributed by atoms with Crippen molar-refractivity contribution in [3.05, 3.63) is 71.1 Å². The molecule has 1 heterocycles. The van der Waals surface area contributed by atoms with Crippen molar-refractivity contribution < 1.29 is 22.7 Å². The van der Waals surface area contributed by atoms with Gasteiger partial charge in [0.05, 0.1) is 17.3 Å². The molecule has 1 aromatic heterocycles. The highest BCUT2D eigenvalue weighted by atomic mass is 32.2. The van der Waals surface area contributed by atoms with Gasteiger partial charge in [-0.25, -0.2) is 19.6 Å². The molecule has 3 rings (SSSR count). The number of thiazole rings is 1. The standard InChI is InChI=1S/C24H26N6O5S2/c25-14-17-9-11-18(12-10-17)15-35-24(32)29-20(8-4-5-13-27-37(26,33)34)22(31)30-23-28-21(16-36-23)19-6-2-1-3-7-19/h1-3,6-7,9-12,16,20,27H,4-5,8,13,15H2,(H,29,32)(H2,26,33,34)(H,28,30,31). The highest BCUT2D eigenvalue weighted by Crippen LogP contribution is 2.24. The van der Waals surface area contributed by atoms with E-state index in [9.17, 15) is 18.0 Å². The number of unbranched alkanes of at least 4 members (excludes halogenated alkanes) is 1. The number of amides is 2. The molecule has 2 amide bonds. The Hall–Kier alpha value is -3.83. The van der Waals surface area contributed by atoms with E-state index in [1.165, 1.54) is 11.3 Å². The van der Waals surface area contributed by atoms with Crippen LogP contribution in [0.3, 0.4) is 0 Å². The fourth-order valence-electron chi connectivity index (χ4n) is 3.23. The smallest absolute Gasteiger partial charge is 0.408 e. The summed E-state index contributed by atoms with van der Waals surface area (Å²) in [6.07, 6.45) is 0.249. The fraction of sp³-hybridized carbons (Fsp3) is 0.250. The minimum Gasteiger partial charge on any atom is -0.445 e. The minimum absolute atomic E-state index is 0.0446. The molecule has 13 heteroatoms. The van der Waals surface area contributed by atoms with Gasteiger partial charge in [0.15, 0.2) is 5.13 Å². The summed E-state index contributed by atoms with van der Waals surface area (Å²) < 4.78 is 29.5. The monoisotopic (exact) mass is 542 g/mol. The van der Waals surface area contributed by atoms with Crippen LogP contribution in [-0.4, -0.2) is 38.0 Å². The lowest BCUT2D eigenvalue weighted by atomic mass is 10.1. The number of aromatic nitrogens is 1. The molecule has 0 aliphatic carbocycles. The number of alkyl carbamates (subject to hydrolysis) is 1. The Morgan fingerprint density at radius 3 is 2.51 bits per heavy atom. The molecule has 0 saturated carbocycles. The number of rotatable bonds is 12. The number of carbonyl (C=O) groups is 2. The molecule has 0 radical (unpaired) electrons. The van der Waals surface area contributed by atoms with Gasteiger partial charge in [-0.15, -0.1) is 11.3 Å². The molecule has 1 atom stereocenters. The molecule has 2 aromatic carbocycles. The first-order valence-corrected chi connectivity index (χ1v) is 13.7. The number of nitrogens with zero attached hydrogens (tertiary/aromatic N) is 2. The largest absolute Gasteiger partial charge is 0.445 e. The lowest BCUT2D eigenvalue weighted by Gasteiger charge is -2.17. The van der Waals surface area contributed by atoms with Gasteiger partial charge in [-0.3, -0.25) is 4.79 Å². The van der Waals surface area contributed by atoms with E-state index in [2.05, 4.69) is 20.3 Å². The van der Waals surface area contributed by atoms with Crippen molar-refractivity contribution in [1.29, 1.82) is 5.26 Å². The molecular weight excluding hydrogens is 516 g/mol. The number of nitriles is 1. The predicted molar refractivity (Wildman–Crippen MR) is 139 cm³/mol. The Morgan fingerprint density at radius 2 is 1.84 bits per heavy atom. The van der Waals surface area contributed by atoms with Crippen molar-refractivity contribution >= 4 is 38.7 Å². The Bertz CT molecular complexity index is 1340. The van der Waals surface area contributed by atoms with Crippen LogP contribution >= 0.6 is 11.3 Å². The van der Waals surface area contributed by atoms with Crippen LogP contribution in [0.4, 0.5) is 9.93 Å². The average Bonchev–Trinajstić information content (AvgIpc) is 3.35. The lowest BCUT2D eigenvalue weighted by molar-refractivity contribution is -0.118. The Morgan fingerprint density at radius 1 is 1.11 bits per heavy atom. The molecule has 0 aliphatic heterocycles. The topological polar surface area (TPSA) is 176 Å². The van der Waals surface area contributed by atoms with E-state index in [4.69, 9.17) is 15.1 Å². The summed E-state index contributed by atoms with van der Waals surface area (Å²) in [7, 11) is -3.80. The third-order valence-electron chi connectivity index (χ3n) is 5.09. The average molecular weight is 543 g/mol. The number of nitrogens with two attached hydrogens (primary N) is 1. The molecule has 0 spiro atoms. The van der Waals surface area contributed by atoms with E-state index < -0.39 is 28.3 Å². The molecule has 37 heavy (non-hydrogen) atoms. The van der Waals surface area contributed by atoms with Gasteiger partial charge in [0.2, 0.25) is 5.91 Å². The maximum absolute atomic E-state index is 13.0. The Balaban J connectivity index is 1.59. The van der Waals surface area contributed by atoms with E-state index in [1.54, 1.807) is 24.3 Å². The first-order chi connectivity index (χ1) is 17.7. The van der Waals surface area contributed by atoms with Crippen LogP contribution in [0, 0.1) is 11.3 Å². The lowest BCUT2D eigenvalue weighted by Crippen LogP contribution is -2.44. The summed E-state index contributed by atoms with van der Waals surface area (Å²) in [6, 6.07) is 17.1. The Labute approximate surface area is 218 Å². The first-order valence-electron chi connectivity index (χ1n) is 11.2. The second-order valence-corrected chi connectivity index (χ2v) is 10.1. The third kappa shape index (κ3) is 9.62. The van der Waals surface area contributed by atoms with Gasteiger partial charge in [0.1, 0.15) is 12.6 Å².